The van der Waals surface area contributed by atoms with Crippen LogP contribution in [-0.2, 0) is 18.4 Å². The molecule has 0 bridgehead atoms. The summed E-state index contributed by atoms with van der Waals surface area (Å²) in [5, 5.41) is 0.337. The van der Waals surface area contributed by atoms with Crippen molar-refractivity contribution in [3.05, 3.63) is 23.8 Å². The zero-order valence-corrected chi connectivity index (χ0v) is 12.5. The summed E-state index contributed by atoms with van der Waals surface area (Å²) in [4.78, 5) is 14.8. The first-order valence-electron chi connectivity index (χ1n) is 5.16. The summed E-state index contributed by atoms with van der Waals surface area (Å²) in [6.07, 6.45) is 4.47. The van der Waals surface area contributed by atoms with Crippen LogP contribution < -0.4 is 0 Å². The summed E-state index contributed by atoms with van der Waals surface area (Å²) >= 11 is 4.30. The average molecular weight is 292 g/mol. The van der Waals surface area contributed by atoms with Gasteiger partial charge in [0.1, 0.15) is 0 Å². The second kappa shape index (κ2) is 5.93. The van der Waals surface area contributed by atoms with Crippen molar-refractivity contribution in [2.24, 2.45) is 0 Å². The van der Waals surface area contributed by atoms with Crippen molar-refractivity contribution in [3.63, 3.8) is 0 Å². The number of hydrogen-bond donors (Lipinski definition) is 1. The van der Waals surface area contributed by atoms with Gasteiger partial charge in [-0.2, -0.15) is 0 Å². The number of amides is 1. The molecule has 1 unspecified atom stereocenters. The molecule has 1 atom stereocenters. The molecule has 0 spiro atoms. The zero-order chi connectivity index (χ0) is 13.9. The van der Waals surface area contributed by atoms with Gasteiger partial charge in [0.25, 0.3) is 5.91 Å². The second-order valence-electron chi connectivity index (χ2n) is 3.71. The highest BCUT2D eigenvalue weighted by Gasteiger charge is 2.29. The van der Waals surface area contributed by atoms with Gasteiger partial charge in [-0.25, -0.2) is 0 Å². The van der Waals surface area contributed by atoms with Crippen LogP contribution >= 0.6 is 20.2 Å². The fourth-order valence-corrected chi connectivity index (χ4v) is 2.67. The van der Waals surface area contributed by atoms with Crippen LogP contribution in [0.2, 0.25) is 0 Å². The molecule has 0 fully saturated rings. The summed E-state index contributed by atoms with van der Waals surface area (Å²) in [7, 11) is 1.05. The van der Waals surface area contributed by atoms with Gasteiger partial charge in [-0.15, -0.1) is 12.6 Å². The highest BCUT2D eigenvalue weighted by molar-refractivity contribution is 7.80. The Morgan fingerprint density at radius 1 is 1.50 bits per heavy atom. The highest BCUT2D eigenvalue weighted by atomic mass is 32.1. The van der Waals surface area contributed by atoms with Gasteiger partial charge >= 0.3 is 7.60 Å². The molecule has 0 aliphatic carbocycles. The minimum absolute atomic E-state index is 0.244. The van der Waals surface area contributed by atoms with Crippen LogP contribution in [0.15, 0.2) is 23.8 Å². The van der Waals surface area contributed by atoms with E-state index in [2.05, 4.69) is 12.6 Å². The topological polar surface area (TPSA) is 59.1 Å². The summed E-state index contributed by atoms with van der Waals surface area (Å²) < 4.78 is 21.8. The first kappa shape index (κ1) is 15.3. The van der Waals surface area contributed by atoms with E-state index in [4.69, 9.17) is 9.05 Å². The van der Waals surface area contributed by atoms with Crippen LogP contribution in [0.1, 0.15) is 6.92 Å². The molecule has 0 radical (unpaired) electrons. The van der Waals surface area contributed by atoms with Crippen molar-refractivity contribution >= 4 is 26.1 Å². The lowest BCUT2D eigenvalue weighted by Crippen LogP contribution is -2.43. The van der Waals surface area contributed by atoms with Gasteiger partial charge in [-0.05, 0) is 6.92 Å². The lowest BCUT2D eigenvalue weighted by Gasteiger charge is -2.34. The minimum atomic E-state index is -3.32. The van der Waals surface area contributed by atoms with Crippen LogP contribution in [0.5, 0.6) is 0 Å². The smallest absolute Gasteiger partial charge is 0.352 e. The Morgan fingerprint density at radius 2 is 2.06 bits per heavy atom. The van der Waals surface area contributed by atoms with Gasteiger partial charge in [0.15, 0.2) is 5.50 Å². The summed E-state index contributed by atoms with van der Waals surface area (Å²) in [6.45, 7) is 1.58. The SMILES string of the molecule is COP(=O)(OC)/C(C)=C\N1C(=O)C=CN(C)C1S. The van der Waals surface area contributed by atoms with Crippen molar-refractivity contribution < 1.29 is 18.4 Å². The summed E-state index contributed by atoms with van der Waals surface area (Å²) in [6, 6.07) is 0. The van der Waals surface area contributed by atoms with Gasteiger partial charge in [0, 0.05) is 39.7 Å². The van der Waals surface area contributed by atoms with E-state index in [1.54, 1.807) is 25.1 Å². The van der Waals surface area contributed by atoms with Crippen LogP contribution in [-0.4, -0.2) is 42.5 Å². The van der Waals surface area contributed by atoms with Crippen LogP contribution in [0.3, 0.4) is 0 Å². The number of carbonyl (C=O) groups is 1. The first-order valence-corrected chi connectivity index (χ1v) is 7.22. The average Bonchev–Trinajstić information content (AvgIpc) is 2.37. The fourth-order valence-electron chi connectivity index (χ4n) is 1.42. The van der Waals surface area contributed by atoms with E-state index in [1.807, 2.05) is 0 Å². The quantitative estimate of drug-likeness (QED) is 0.633. The van der Waals surface area contributed by atoms with Crippen LogP contribution in [0.25, 0.3) is 0 Å². The van der Waals surface area contributed by atoms with Crippen molar-refractivity contribution in [1.29, 1.82) is 0 Å². The van der Waals surface area contributed by atoms with Gasteiger partial charge < -0.3 is 13.9 Å². The Bertz CT molecular complexity index is 430. The van der Waals surface area contributed by atoms with Crippen molar-refractivity contribution in [2.75, 3.05) is 21.3 Å². The molecule has 1 rings (SSSR count). The molecule has 102 valence electrons. The van der Waals surface area contributed by atoms with E-state index < -0.39 is 13.1 Å². The first-order chi connectivity index (χ1) is 8.35. The fraction of sp³-hybridized carbons (Fsp3) is 0.500. The third-order valence-electron chi connectivity index (χ3n) is 2.56. The largest absolute Gasteiger partial charge is 0.357 e. The molecule has 1 amide bonds. The number of allylic oxidation sites excluding steroid dienone is 1. The molecule has 1 heterocycles. The molecule has 0 saturated heterocycles. The maximum Gasteiger partial charge on any atom is 0.357 e. The monoisotopic (exact) mass is 292 g/mol. The molecule has 6 nitrogen and oxygen atoms in total. The van der Waals surface area contributed by atoms with Crippen molar-refractivity contribution in [2.45, 2.75) is 12.4 Å². The lowest BCUT2D eigenvalue weighted by atomic mass is 10.4. The number of carbonyl (C=O) groups excluding carboxylic acids is 1. The molecular formula is C10H17N2O4PS. The molecule has 18 heavy (non-hydrogen) atoms. The van der Waals surface area contributed by atoms with E-state index in [1.165, 1.54) is 31.4 Å². The van der Waals surface area contributed by atoms with E-state index in [0.29, 0.717) is 5.31 Å². The van der Waals surface area contributed by atoms with Gasteiger partial charge in [-0.1, -0.05) is 0 Å². The Balaban J connectivity index is 3.05. The number of nitrogens with zero attached hydrogens (tertiary/aromatic N) is 2. The third kappa shape index (κ3) is 2.98. The van der Waals surface area contributed by atoms with E-state index in [0.717, 1.165) is 0 Å². The number of hydrogen-bond acceptors (Lipinski definition) is 6. The molecule has 0 saturated carbocycles. The van der Waals surface area contributed by atoms with Crippen LogP contribution in [0, 0.1) is 0 Å². The van der Waals surface area contributed by atoms with Gasteiger partial charge in [0.05, 0.1) is 5.31 Å². The van der Waals surface area contributed by atoms with Crippen LogP contribution in [0.4, 0.5) is 0 Å². The number of thiol groups is 1. The maximum absolute atomic E-state index is 12.1. The predicted molar refractivity (Wildman–Crippen MR) is 71.9 cm³/mol. The Hall–Kier alpha value is -0.750. The molecule has 1 aliphatic heterocycles. The Kier molecular flexibility index (Phi) is 5.04. The number of rotatable bonds is 4. The molecule has 1 aliphatic rings. The lowest BCUT2D eigenvalue weighted by molar-refractivity contribution is -0.126. The Labute approximate surface area is 112 Å². The standard InChI is InChI=1S/C10H17N2O4PS/c1-8(17(14,15-3)16-4)7-12-9(13)5-6-11(2)10(12)18/h5-7,10,18H,1-4H3/b8-7-. The second-order valence-corrected chi connectivity index (χ2v) is 6.60. The third-order valence-corrected chi connectivity index (χ3v) is 5.11. The van der Waals surface area contributed by atoms with Gasteiger partial charge in [0.2, 0.25) is 0 Å². The summed E-state index contributed by atoms with van der Waals surface area (Å²) in [5.74, 6) is -0.244. The molecule has 0 aromatic rings. The summed E-state index contributed by atoms with van der Waals surface area (Å²) in [5.41, 5.74) is -0.459. The molecular weight excluding hydrogens is 275 g/mol. The van der Waals surface area contributed by atoms with E-state index >= 15 is 0 Å². The zero-order valence-electron chi connectivity index (χ0n) is 10.7. The van der Waals surface area contributed by atoms with Crippen molar-refractivity contribution in [3.8, 4) is 0 Å². The van der Waals surface area contributed by atoms with Crippen molar-refractivity contribution in [1.82, 2.24) is 9.80 Å². The molecule has 0 aromatic carbocycles. The minimum Gasteiger partial charge on any atom is -0.352 e. The highest BCUT2D eigenvalue weighted by Crippen LogP contribution is 2.54. The van der Waals surface area contributed by atoms with Gasteiger partial charge in [-0.3, -0.25) is 14.3 Å². The predicted octanol–water partition coefficient (Wildman–Crippen LogP) is 1.83. The maximum atomic E-state index is 12.1. The molecule has 0 N–H and O–H groups in total. The van der Waals surface area contributed by atoms with E-state index in [-0.39, 0.29) is 5.91 Å². The van der Waals surface area contributed by atoms with E-state index in [9.17, 15) is 9.36 Å². The molecule has 0 aromatic heterocycles. The normalized spacial score (nSPS) is 21.7. The molecule has 8 heteroatoms. The Morgan fingerprint density at radius 3 is 2.56 bits per heavy atom.